The number of benzene rings is 1. The maximum atomic E-state index is 5.05. The van der Waals surface area contributed by atoms with E-state index in [1.807, 2.05) is 24.4 Å². The van der Waals surface area contributed by atoms with Crippen LogP contribution in [0.25, 0.3) is 22.5 Å². The predicted molar refractivity (Wildman–Crippen MR) is 104 cm³/mol. The summed E-state index contributed by atoms with van der Waals surface area (Å²) in [6.07, 6.45) is 6.94. The van der Waals surface area contributed by atoms with E-state index < -0.39 is 0 Å². The van der Waals surface area contributed by atoms with Gasteiger partial charge in [0.25, 0.3) is 0 Å². The maximum absolute atomic E-state index is 5.05. The van der Waals surface area contributed by atoms with Crippen LogP contribution < -0.4 is 4.90 Å². The minimum Gasteiger partial charge on any atom is -0.356 e. The molecule has 0 atom stereocenters. The summed E-state index contributed by atoms with van der Waals surface area (Å²) in [5.41, 5.74) is 4.31. The Morgan fingerprint density at radius 2 is 1.44 bits per heavy atom. The molecule has 1 fully saturated rings. The molecule has 2 aromatic heterocycles. The molecule has 3 nitrogen and oxygen atoms in total. The van der Waals surface area contributed by atoms with E-state index in [0.29, 0.717) is 0 Å². The Bertz CT molecular complexity index is 807. The fraction of sp³-hybridized carbons (Fsp3) is 0.273. The molecule has 0 unspecified atom stereocenters. The lowest BCUT2D eigenvalue weighted by Gasteiger charge is -2.25. The second-order valence-corrected chi connectivity index (χ2v) is 6.55. The zero-order valence-electron chi connectivity index (χ0n) is 14.4. The molecule has 0 N–H and O–H groups in total. The molecular formula is C22H23N3. The highest BCUT2D eigenvalue weighted by molar-refractivity contribution is 5.78. The molecule has 0 bridgehead atoms. The van der Waals surface area contributed by atoms with Crippen LogP contribution in [0, 0.1) is 0 Å². The number of hydrogen-bond acceptors (Lipinski definition) is 3. The van der Waals surface area contributed by atoms with Gasteiger partial charge < -0.3 is 4.90 Å². The topological polar surface area (TPSA) is 29.0 Å². The van der Waals surface area contributed by atoms with E-state index in [9.17, 15) is 0 Å². The number of hydrogen-bond donors (Lipinski definition) is 0. The van der Waals surface area contributed by atoms with E-state index in [1.54, 1.807) is 0 Å². The molecule has 3 heterocycles. The highest BCUT2D eigenvalue weighted by Crippen LogP contribution is 2.32. The summed E-state index contributed by atoms with van der Waals surface area (Å²) in [7, 11) is 0. The van der Waals surface area contributed by atoms with Crippen molar-refractivity contribution in [3.05, 3.63) is 66.9 Å². The van der Waals surface area contributed by atoms with Crippen molar-refractivity contribution in [3.63, 3.8) is 0 Å². The molecule has 0 saturated carbocycles. The van der Waals surface area contributed by atoms with Crippen LogP contribution in [0.15, 0.2) is 66.9 Å². The molecule has 1 aromatic carbocycles. The summed E-state index contributed by atoms with van der Waals surface area (Å²) < 4.78 is 0. The van der Waals surface area contributed by atoms with Gasteiger partial charge in [-0.1, -0.05) is 49.2 Å². The van der Waals surface area contributed by atoms with E-state index in [-0.39, 0.29) is 0 Å². The van der Waals surface area contributed by atoms with Gasteiger partial charge in [0.15, 0.2) is 0 Å². The van der Waals surface area contributed by atoms with Crippen LogP contribution in [0.3, 0.4) is 0 Å². The molecule has 4 rings (SSSR count). The summed E-state index contributed by atoms with van der Waals surface area (Å²) >= 11 is 0. The fourth-order valence-corrected chi connectivity index (χ4v) is 3.47. The second-order valence-electron chi connectivity index (χ2n) is 6.55. The van der Waals surface area contributed by atoms with Gasteiger partial charge >= 0.3 is 0 Å². The van der Waals surface area contributed by atoms with Crippen molar-refractivity contribution in [2.24, 2.45) is 0 Å². The third kappa shape index (κ3) is 3.55. The summed E-state index contributed by atoms with van der Waals surface area (Å²) in [6, 6.07) is 20.8. The van der Waals surface area contributed by atoms with Gasteiger partial charge in [-0.15, -0.1) is 0 Å². The molecule has 1 aliphatic heterocycles. The minimum atomic E-state index is 0.929. The molecule has 0 aliphatic carbocycles. The Morgan fingerprint density at radius 1 is 0.680 bits per heavy atom. The van der Waals surface area contributed by atoms with Crippen LogP contribution in [-0.4, -0.2) is 23.1 Å². The molecular weight excluding hydrogens is 306 g/mol. The smallest absolute Gasteiger partial charge is 0.137 e. The van der Waals surface area contributed by atoms with E-state index >= 15 is 0 Å². The standard InChI is InChI=1S/C22H23N3/c1-2-9-17-25(16-8-1)22-19(18-10-4-3-5-11-18)13-14-21(24-22)20-12-6-7-15-23-20/h3-7,10-15H,1-2,8-9,16-17H2. The van der Waals surface area contributed by atoms with E-state index in [4.69, 9.17) is 4.98 Å². The van der Waals surface area contributed by atoms with Crippen molar-refractivity contribution in [2.45, 2.75) is 25.7 Å². The minimum absolute atomic E-state index is 0.929. The van der Waals surface area contributed by atoms with Crippen molar-refractivity contribution >= 4 is 5.82 Å². The highest BCUT2D eigenvalue weighted by Gasteiger charge is 2.17. The van der Waals surface area contributed by atoms with Crippen LogP contribution in [-0.2, 0) is 0 Å². The van der Waals surface area contributed by atoms with E-state index in [2.05, 4.69) is 52.3 Å². The Morgan fingerprint density at radius 3 is 2.16 bits per heavy atom. The number of aromatic nitrogens is 2. The number of pyridine rings is 2. The number of rotatable bonds is 3. The molecule has 126 valence electrons. The highest BCUT2D eigenvalue weighted by atomic mass is 15.2. The maximum Gasteiger partial charge on any atom is 0.137 e. The molecule has 3 heteroatoms. The van der Waals surface area contributed by atoms with E-state index in [0.717, 1.165) is 30.3 Å². The van der Waals surface area contributed by atoms with Gasteiger partial charge in [0, 0.05) is 24.8 Å². The van der Waals surface area contributed by atoms with Gasteiger partial charge in [-0.2, -0.15) is 0 Å². The summed E-state index contributed by atoms with van der Waals surface area (Å²) in [6.45, 7) is 2.16. The monoisotopic (exact) mass is 329 g/mol. The Balaban J connectivity index is 1.81. The zero-order valence-corrected chi connectivity index (χ0v) is 14.4. The fourth-order valence-electron chi connectivity index (χ4n) is 3.47. The second kappa shape index (κ2) is 7.47. The summed E-state index contributed by atoms with van der Waals surface area (Å²) in [4.78, 5) is 12.0. The van der Waals surface area contributed by atoms with Gasteiger partial charge in [-0.05, 0) is 42.7 Å². The Hall–Kier alpha value is -2.68. The molecule has 0 spiro atoms. The van der Waals surface area contributed by atoms with Crippen LogP contribution >= 0.6 is 0 Å². The van der Waals surface area contributed by atoms with Crippen molar-refractivity contribution in [3.8, 4) is 22.5 Å². The first-order valence-corrected chi connectivity index (χ1v) is 9.15. The first-order chi connectivity index (χ1) is 12.4. The molecule has 25 heavy (non-hydrogen) atoms. The first kappa shape index (κ1) is 15.8. The van der Waals surface area contributed by atoms with E-state index in [1.165, 1.54) is 36.8 Å². The van der Waals surface area contributed by atoms with Crippen molar-refractivity contribution in [1.29, 1.82) is 0 Å². The average molecular weight is 329 g/mol. The SMILES string of the molecule is c1ccc(-c2ccc(-c3ccccn3)nc2N2CCCCCC2)cc1. The zero-order chi connectivity index (χ0) is 16.9. The molecule has 0 amide bonds. The van der Waals surface area contributed by atoms with Crippen molar-refractivity contribution in [2.75, 3.05) is 18.0 Å². The predicted octanol–water partition coefficient (Wildman–Crippen LogP) is 5.19. The largest absolute Gasteiger partial charge is 0.356 e. The molecule has 1 aliphatic rings. The van der Waals surface area contributed by atoms with Crippen molar-refractivity contribution in [1.82, 2.24) is 9.97 Å². The third-order valence-electron chi connectivity index (χ3n) is 4.79. The quantitative estimate of drug-likeness (QED) is 0.662. The lowest BCUT2D eigenvalue weighted by Crippen LogP contribution is -2.25. The summed E-state index contributed by atoms with van der Waals surface area (Å²) in [5, 5.41) is 0. The van der Waals surface area contributed by atoms with Gasteiger partial charge in [-0.25, -0.2) is 4.98 Å². The Kier molecular flexibility index (Phi) is 4.73. The van der Waals surface area contributed by atoms with Crippen LogP contribution in [0.4, 0.5) is 5.82 Å². The average Bonchev–Trinajstić information content (AvgIpc) is 2.98. The van der Waals surface area contributed by atoms with Gasteiger partial charge in [0.2, 0.25) is 0 Å². The third-order valence-corrected chi connectivity index (χ3v) is 4.79. The van der Waals surface area contributed by atoms with Gasteiger partial charge in [-0.3, -0.25) is 4.98 Å². The normalized spacial score (nSPS) is 15.0. The number of anilines is 1. The molecule has 1 saturated heterocycles. The Labute approximate surface area is 149 Å². The first-order valence-electron chi connectivity index (χ1n) is 9.15. The van der Waals surface area contributed by atoms with Gasteiger partial charge in [0.1, 0.15) is 5.82 Å². The summed E-state index contributed by atoms with van der Waals surface area (Å²) in [5.74, 6) is 1.09. The van der Waals surface area contributed by atoms with Crippen LogP contribution in [0.1, 0.15) is 25.7 Å². The lowest BCUT2D eigenvalue weighted by molar-refractivity contribution is 0.726. The number of nitrogens with zero attached hydrogens (tertiary/aromatic N) is 3. The molecule has 0 radical (unpaired) electrons. The van der Waals surface area contributed by atoms with Crippen molar-refractivity contribution < 1.29 is 0 Å². The lowest BCUT2D eigenvalue weighted by atomic mass is 10.0. The molecule has 3 aromatic rings. The van der Waals surface area contributed by atoms with Crippen LogP contribution in [0.5, 0.6) is 0 Å². The van der Waals surface area contributed by atoms with Gasteiger partial charge in [0.05, 0.1) is 11.4 Å². The van der Waals surface area contributed by atoms with Crippen LogP contribution in [0.2, 0.25) is 0 Å².